The van der Waals surface area contributed by atoms with E-state index in [4.69, 9.17) is 0 Å². The number of nitrogens with zero attached hydrogens (tertiary/aromatic N) is 4. The van der Waals surface area contributed by atoms with Gasteiger partial charge in [-0.1, -0.05) is 6.92 Å². The van der Waals surface area contributed by atoms with Gasteiger partial charge in [-0.25, -0.2) is 9.97 Å². The second-order valence-corrected chi connectivity index (χ2v) is 8.10. The van der Waals surface area contributed by atoms with Crippen molar-refractivity contribution in [3.05, 3.63) is 42.9 Å². The van der Waals surface area contributed by atoms with Gasteiger partial charge < -0.3 is 15.6 Å². The Bertz CT molecular complexity index is 1250. The molecule has 0 aliphatic heterocycles. The molecule has 1 aliphatic rings. The van der Waals surface area contributed by atoms with Crippen LogP contribution in [0, 0.1) is 5.95 Å². The number of imidazole rings is 1. The van der Waals surface area contributed by atoms with Crippen LogP contribution in [0.15, 0.2) is 36.9 Å². The number of H-pyrrole nitrogens is 1. The maximum absolute atomic E-state index is 13.9. The Hall–Kier alpha value is -3.49. The number of hydrogen-bond donors (Lipinski definition) is 3. The van der Waals surface area contributed by atoms with Crippen LogP contribution in [-0.2, 0) is 4.79 Å². The molecule has 5 rings (SSSR count). The Morgan fingerprint density at radius 3 is 2.97 bits per heavy atom. The van der Waals surface area contributed by atoms with E-state index < -0.39 is 5.95 Å². The second kappa shape index (κ2) is 6.79. The number of aromatic amines is 1. The van der Waals surface area contributed by atoms with Gasteiger partial charge in [0.25, 0.3) is 0 Å². The van der Waals surface area contributed by atoms with Crippen LogP contribution in [0.2, 0.25) is 0 Å². The Balaban J connectivity index is 1.34. The van der Waals surface area contributed by atoms with E-state index >= 15 is 0 Å². The molecule has 4 aromatic rings. The second-order valence-electron chi connectivity index (χ2n) is 8.10. The zero-order valence-corrected chi connectivity index (χ0v) is 16.7. The van der Waals surface area contributed by atoms with E-state index in [9.17, 15) is 9.18 Å². The van der Waals surface area contributed by atoms with Crippen LogP contribution in [-0.4, -0.2) is 41.8 Å². The molecule has 0 radical (unpaired) electrons. The third kappa shape index (κ3) is 3.16. The highest BCUT2D eigenvalue weighted by atomic mass is 19.1. The minimum atomic E-state index is -0.406. The highest BCUT2D eigenvalue weighted by molar-refractivity contribution is 5.93. The summed E-state index contributed by atoms with van der Waals surface area (Å²) < 4.78 is 15.3. The van der Waals surface area contributed by atoms with E-state index in [1.165, 1.54) is 10.6 Å². The normalized spacial score (nSPS) is 21.0. The van der Waals surface area contributed by atoms with Gasteiger partial charge in [-0.05, 0) is 31.9 Å². The van der Waals surface area contributed by atoms with Crippen molar-refractivity contribution in [2.75, 3.05) is 5.32 Å². The van der Waals surface area contributed by atoms with E-state index in [0.29, 0.717) is 23.7 Å². The van der Waals surface area contributed by atoms with E-state index in [1.807, 2.05) is 19.2 Å². The highest BCUT2D eigenvalue weighted by Crippen LogP contribution is 2.34. The van der Waals surface area contributed by atoms with Crippen molar-refractivity contribution >= 4 is 28.5 Å². The van der Waals surface area contributed by atoms with Gasteiger partial charge in [0.15, 0.2) is 0 Å². The van der Waals surface area contributed by atoms with Crippen LogP contribution in [0.25, 0.3) is 27.8 Å². The number of aromatic nitrogens is 5. The van der Waals surface area contributed by atoms with Gasteiger partial charge in [0.1, 0.15) is 11.3 Å². The predicted molar refractivity (Wildman–Crippen MR) is 112 cm³/mol. The van der Waals surface area contributed by atoms with Crippen LogP contribution in [0.5, 0.6) is 0 Å². The molecule has 8 nitrogen and oxygen atoms in total. The van der Waals surface area contributed by atoms with Crippen molar-refractivity contribution in [2.45, 2.75) is 44.7 Å². The number of halogens is 1. The number of hydrogen-bond acceptors (Lipinski definition) is 5. The van der Waals surface area contributed by atoms with Gasteiger partial charge in [0.2, 0.25) is 17.8 Å². The highest BCUT2D eigenvalue weighted by Gasteiger charge is 2.41. The van der Waals surface area contributed by atoms with Crippen LogP contribution in [0.4, 0.5) is 10.3 Å². The lowest BCUT2D eigenvalue weighted by Gasteiger charge is -2.45. The predicted octanol–water partition coefficient (Wildman–Crippen LogP) is 3.27. The lowest BCUT2D eigenvalue weighted by atomic mass is 9.74. The van der Waals surface area contributed by atoms with Crippen molar-refractivity contribution < 1.29 is 9.18 Å². The summed E-state index contributed by atoms with van der Waals surface area (Å²) >= 11 is 0. The Morgan fingerprint density at radius 1 is 1.33 bits per heavy atom. The first-order chi connectivity index (χ1) is 14.4. The summed E-state index contributed by atoms with van der Waals surface area (Å²) in [4.78, 5) is 27.9. The number of pyridine rings is 1. The Kier molecular flexibility index (Phi) is 4.19. The number of carbonyl (C=O) groups excluding carboxylic acids is 1. The fourth-order valence-corrected chi connectivity index (χ4v) is 4.17. The molecular formula is C21H22FN7O. The van der Waals surface area contributed by atoms with Crippen molar-refractivity contribution in [1.29, 1.82) is 0 Å². The molecule has 0 bridgehead atoms. The first-order valence-corrected chi connectivity index (χ1v) is 9.99. The number of amides is 1. The molecule has 4 aromatic heterocycles. The molecule has 0 spiro atoms. The minimum Gasteiger partial charge on any atom is -0.351 e. The minimum absolute atomic E-state index is 0.0706. The van der Waals surface area contributed by atoms with Gasteiger partial charge in [0, 0.05) is 53.1 Å². The molecule has 4 heterocycles. The lowest BCUT2D eigenvalue weighted by Crippen LogP contribution is -2.59. The van der Waals surface area contributed by atoms with E-state index in [-0.39, 0.29) is 17.5 Å². The average molecular weight is 407 g/mol. The molecule has 1 saturated carbocycles. The molecule has 30 heavy (non-hydrogen) atoms. The molecule has 0 saturated heterocycles. The van der Waals surface area contributed by atoms with Crippen LogP contribution in [0.1, 0.15) is 33.1 Å². The third-order valence-electron chi connectivity index (χ3n) is 5.69. The molecule has 0 unspecified atom stereocenters. The van der Waals surface area contributed by atoms with Gasteiger partial charge in [0.05, 0.1) is 6.20 Å². The standard InChI is InChI=1S/C21H22FN7O/c1-3-18(30)28-21(2)6-13(7-21)26-20-25-9-15-14(8-24-19(15)27-20)12-4-5-17-23-10-16(22)29(17)11-12/h4-5,8-11,13H,3,6-7H2,1-2H3,(H,28,30)(H2,24,25,26,27)/t13-,21+. The molecule has 1 aliphatic carbocycles. The quantitative estimate of drug-likeness (QED) is 0.471. The molecule has 1 fully saturated rings. The molecule has 3 N–H and O–H groups in total. The molecule has 0 aromatic carbocycles. The van der Waals surface area contributed by atoms with Gasteiger partial charge >= 0.3 is 0 Å². The molecule has 154 valence electrons. The van der Waals surface area contributed by atoms with Gasteiger partial charge in [-0.15, -0.1) is 0 Å². The maximum Gasteiger partial charge on any atom is 0.224 e. The zero-order chi connectivity index (χ0) is 20.9. The fourth-order valence-electron chi connectivity index (χ4n) is 4.17. The average Bonchev–Trinajstić information content (AvgIpc) is 3.29. The molecule has 1 amide bonds. The summed E-state index contributed by atoms with van der Waals surface area (Å²) in [5, 5.41) is 7.26. The molecule has 9 heteroatoms. The number of rotatable bonds is 5. The smallest absolute Gasteiger partial charge is 0.224 e. The van der Waals surface area contributed by atoms with Crippen LogP contribution < -0.4 is 10.6 Å². The first kappa shape index (κ1) is 18.5. The summed E-state index contributed by atoms with van der Waals surface area (Å²) in [6.45, 7) is 3.91. The summed E-state index contributed by atoms with van der Waals surface area (Å²) in [6, 6.07) is 3.89. The number of carbonyl (C=O) groups is 1. The van der Waals surface area contributed by atoms with Gasteiger partial charge in [-0.2, -0.15) is 9.37 Å². The zero-order valence-electron chi connectivity index (χ0n) is 16.7. The van der Waals surface area contributed by atoms with Crippen molar-refractivity contribution in [3.63, 3.8) is 0 Å². The van der Waals surface area contributed by atoms with Crippen LogP contribution >= 0.6 is 0 Å². The van der Waals surface area contributed by atoms with E-state index in [2.05, 4.69) is 37.5 Å². The maximum atomic E-state index is 13.9. The SMILES string of the molecule is CCC(=O)N[C@]1(C)C[C@H](Nc2ncc3c(-c4ccc5ncc(F)n5c4)c[nH]c3n2)C1. The largest absolute Gasteiger partial charge is 0.351 e. The monoisotopic (exact) mass is 407 g/mol. The first-order valence-electron chi connectivity index (χ1n) is 9.99. The summed E-state index contributed by atoms with van der Waals surface area (Å²) in [5.74, 6) is 0.208. The van der Waals surface area contributed by atoms with Crippen molar-refractivity contribution in [3.8, 4) is 11.1 Å². The summed E-state index contributed by atoms with van der Waals surface area (Å²) in [5.41, 5.74) is 2.83. The van der Waals surface area contributed by atoms with E-state index in [1.54, 1.807) is 18.5 Å². The topological polar surface area (TPSA) is 100 Å². The Morgan fingerprint density at radius 2 is 2.17 bits per heavy atom. The van der Waals surface area contributed by atoms with E-state index in [0.717, 1.165) is 29.4 Å². The fraction of sp³-hybridized carbons (Fsp3) is 0.333. The van der Waals surface area contributed by atoms with Crippen molar-refractivity contribution in [2.24, 2.45) is 0 Å². The number of nitrogens with one attached hydrogen (secondary N) is 3. The van der Waals surface area contributed by atoms with Crippen molar-refractivity contribution in [1.82, 2.24) is 29.7 Å². The number of anilines is 1. The summed E-state index contributed by atoms with van der Waals surface area (Å²) in [7, 11) is 0. The lowest BCUT2D eigenvalue weighted by molar-refractivity contribution is -0.123. The molecular weight excluding hydrogens is 385 g/mol. The Labute approximate surface area is 171 Å². The summed E-state index contributed by atoms with van der Waals surface area (Å²) in [6.07, 6.45) is 8.67. The van der Waals surface area contributed by atoms with Crippen LogP contribution in [0.3, 0.4) is 0 Å². The van der Waals surface area contributed by atoms with Gasteiger partial charge in [-0.3, -0.25) is 9.20 Å². The molecule has 0 atom stereocenters. The number of fused-ring (bicyclic) bond motifs is 2. The third-order valence-corrected chi connectivity index (χ3v) is 5.69.